The van der Waals surface area contributed by atoms with Gasteiger partial charge in [0, 0.05) is 10.8 Å². The molecule has 0 saturated carbocycles. The summed E-state index contributed by atoms with van der Waals surface area (Å²) in [5, 5.41) is 8.07. The van der Waals surface area contributed by atoms with E-state index in [1.165, 1.54) is 132 Å². The fraction of sp³-hybridized carbons (Fsp3) is 0.115. The topological polar surface area (TPSA) is 0 Å². The number of fused-ring (bicyclic) bond motifs is 16. The second kappa shape index (κ2) is 11.2. The summed E-state index contributed by atoms with van der Waals surface area (Å²) in [7, 11) is 0. The van der Waals surface area contributed by atoms with E-state index in [9.17, 15) is 0 Å². The van der Waals surface area contributed by atoms with Crippen molar-refractivity contribution in [3.05, 3.63) is 226 Å². The third kappa shape index (κ3) is 3.98. The minimum absolute atomic E-state index is 0.0180. The van der Waals surface area contributed by atoms with E-state index in [1.54, 1.807) is 0 Å². The minimum Gasteiger partial charge on any atom is -0.0619 e. The highest BCUT2D eigenvalue weighted by molar-refractivity contribution is 6.31. The summed E-state index contributed by atoms with van der Waals surface area (Å²) in [4.78, 5) is 0. The van der Waals surface area contributed by atoms with Crippen molar-refractivity contribution in [2.75, 3.05) is 0 Å². The van der Waals surface area contributed by atoms with Gasteiger partial charge in [0.15, 0.2) is 0 Å². The molecule has 0 aliphatic heterocycles. The summed E-state index contributed by atoms with van der Waals surface area (Å²) in [6.45, 7) is 9.47. The smallest absolute Gasteiger partial charge is 0.0619 e. The first-order valence-corrected chi connectivity index (χ1v) is 21.9. The Morgan fingerprint density at radius 3 is 1.26 bits per heavy atom. The molecule has 286 valence electrons. The third-order valence-electron chi connectivity index (χ3n) is 15.6. The maximum atomic E-state index is 2.57. The van der Waals surface area contributed by atoms with E-state index in [2.05, 4.69) is 210 Å². The van der Waals surface area contributed by atoms with E-state index in [-0.39, 0.29) is 10.8 Å². The summed E-state index contributed by atoms with van der Waals surface area (Å²) in [5.74, 6) is 0. The van der Waals surface area contributed by atoms with Gasteiger partial charge >= 0.3 is 0 Å². The molecule has 0 unspecified atom stereocenters. The average Bonchev–Trinajstić information content (AvgIpc) is 3.93. The Morgan fingerprint density at radius 2 is 0.672 bits per heavy atom. The van der Waals surface area contributed by atoms with Crippen molar-refractivity contribution in [3.63, 3.8) is 0 Å². The van der Waals surface area contributed by atoms with Crippen LogP contribution in [0.3, 0.4) is 0 Å². The van der Waals surface area contributed by atoms with Gasteiger partial charge in [0.1, 0.15) is 0 Å². The molecule has 0 heteroatoms. The Bertz CT molecular complexity index is 3600. The van der Waals surface area contributed by atoms with Crippen molar-refractivity contribution in [1.82, 2.24) is 0 Å². The summed E-state index contributed by atoms with van der Waals surface area (Å²) >= 11 is 0. The molecule has 0 fully saturated rings. The van der Waals surface area contributed by atoms with E-state index in [4.69, 9.17) is 0 Å². The number of hydrogen-bond acceptors (Lipinski definition) is 0. The predicted molar refractivity (Wildman–Crippen MR) is 256 cm³/mol. The van der Waals surface area contributed by atoms with Crippen molar-refractivity contribution in [3.8, 4) is 55.6 Å². The first kappa shape index (κ1) is 33.8. The summed E-state index contributed by atoms with van der Waals surface area (Å²) in [6.07, 6.45) is 0. The Hall–Kier alpha value is -7.02. The predicted octanol–water partition coefficient (Wildman–Crippen LogP) is 15.8. The normalized spacial score (nSPS) is 15.9. The summed E-state index contributed by atoms with van der Waals surface area (Å²) < 4.78 is 0. The standard InChI is InChI=1S/C61H42/c1-59(2)49-19-9-5-16-42(49)46-31-36(25-28-51(46)59)35-24-27-39-45(30-35)44-18-13-23-55-57(44)58-48(39)33-38(37-26-29-52-47(32-37)43-17-6-10-20-50(43)60(52,3)4)34-56(58)61(55)53-21-11-7-14-40(53)41-15-8-12-22-54(41)61/h5-34H,1-4H3. The van der Waals surface area contributed by atoms with Crippen molar-refractivity contribution >= 4 is 32.3 Å². The van der Waals surface area contributed by atoms with Gasteiger partial charge in [0.2, 0.25) is 0 Å². The van der Waals surface area contributed by atoms with Crippen molar-refractivity contribution in [1.29, 1.82) is 0 Å². The van der Waals surface area contributed by atoms with Crippen LogP contribution in [0.25, 0.3) is 88.0 Å². The number of benzene rings is 10. The zero-order chi connectivity index (χ0) is 40.6. The quantitative estimate of drug-likeness (QED) is 0.153. The van der Waals surface area contributed by atoms with Crippen molar-refractivity contribution in [2.45, 2.75) is 43.9 Å². The molecule has 14 rings (SSSR count). The summed E-state index contributed by atoms with van der Waals surface area (Å²) in [6, 6.07) is 70.3. The number of hydrogen-bond donors (Lipinski definition) is 0. The maximum absolute atomic E-state index is 2.57. The van der Waals surface area contributed by atoms with E-state index in [1.807, 2.05) is 0 Å². The van der Waals surface area contributed by atoms with Gasteiger partial charge in [-0.2, -0.15) is 0 Å². The van der Waals surface area contributed by atoms with Crippen LogP contribution in [0, 0.1) is 0 Å². The molecule has 0 nitrogen and oxygen atoms in total. The van der Waals surface area contributed by atoms with Gasteiger partial charge in [-0.05, 0) is 163 Å². The van der Waals surface area contributed by atoms with Gasteiger partial charge in [0.25, 0.3) is 0 Å². The molecule has 0 aromatic heterocycles. The van der Waals surface area contributed by atoms with Gasteiger partial charge < -0.3 is 0 Å². The lowest BCUT2D eigenvalue weighted by Crippen LogP contribution is -2.26. The van der Waals surface area contributed by atoms with Gasteiger partial charge in [0.05, 0.1) is 5.41 Å². The van der Waals surface area contributed by atoms with Crippen molar-refractivity contribution < 1.29 is 0 Å². The van der Waals surface area contributed by atoms with Crippen LogP contribution in [0.15, 0.2) is 182 Å². The third-order valence-corrected chi connectivity index (χ3v) is 15.6. The second-order valence-electron chi connectivity index (χ2n) is 19.1. The second-order valence-corrected chi connectivity index (χ2v) is 19.1. The van der Waals surface area contributed by atoms with Crippen molar-refractivity contribution in [2.24, 2.45) is 0 Å². The first-order valence-electron chi connectivity index (χ1n) is 21.9. The molecule has 0 bridgehead atoms. The van der Waals surface area contributed by atoms with E-state index in [0.717, 1.165) is 0 Å². The molecule has 10 aromatic rings. The average molecular weight is 775 g/mol. The SMILES string of the molecule is CC1(C)c2ccccc2-c2cc(-c3ccc4c(c3)c3cccc5c3c3c(cc(-c6ccc7c(c6)-c6ccccc6C7(C)C)cc43)C53c4ccccc4-c4ccccc43)ccc21. The highest BCUT2D eigenvalue weighted by Gasteiger charge is 2.51. The lowest BCUT2D eigenvalue weighted by atomic mass is 9.69. The summed E-state index contributed by atoms with van der Waals surface area (Å²) in [5.41, 5.74) is 23.9. The van der Waals surface area contributed by atoms with Crippen LogP contribution in [-0.2, 0) is 16.2 Å². The largest absolute Gasteiger partial charge is 0.0726 e. The van der Waals surface area contributed by atoms with Crippen LogP contribution >= 0.6 is 0 Å². The molecule has 4 aliphatic rings. The molecule has 0 N–H and O–H groups in total. The van der Waals surface area contributed by atoms with E-state index in [0.29, 0.717) is 0 Å². The Balaban J connectivity index is 1.08. The van der Waals surface area contributed by atoms with E-state index >= 15 is 0 Å². The van der Waals surface area contributed by atoms with Crippen LogP contribution in [0.2, 0.25) is 0 Å². The Morgan fingerprint density at radius 1 is 0.246 bits per heavy atom. The maximum Gasteiger partial charge on any atom is 0.0726 e. The lowest BCUT2D eigenvalue weighted by Gasteiger charge is -2.31. The molecule has 1 spiro atoms. The highest BCUT2D eigenvalue weighted by Crippen LogP contribution is 2.64. The molecule has 0 atom stereocenters. The zero-order valence-electron chi connectivity index (χ0n) is 34.8. The van der Waals surface area contributed by atoms with Crippen LogP contribution in [-0.4, -0.2) is 0 Å². The zero-order valence-corrected chi connectivity index (χ0v) is 34.8. The molecule has 10 aromatic carbocycles. The van der Waals surface area contributed by atoms with Crippen LogP contribution in [0.1, 0.15) is 72.2 Å². The molecule has 0 amide bonds. The Kier molecular flexibility index (Phi) is 6.21. The fourth-order valence-corrected chi connectivity index (χ4v) is 12.9. The van der Waals surface area contributed by atoms with Gasteiger partial charge in [-0.1, -0.05) is 179 Å². The first-order chi connectivity index (χ1) is 29.8. The lowest BCUT2D eigenvalue weighted by molar-refractivity contribution is 0.660. The number of rotatable bonds is 2. The minimum atomic E-state index is -0.436. The van der Waals surface area contributed by atoms with E-state index < -0.39 is 5.41 Å². The molecule has 0 heterocycles. The molecular weight excluding hydrogens is 733 g/mol. The van der Waals surface area contributed by atoms with Gasteiger partial charge in [-0.15, -0.1) is 0 Å². The van der Waals surface area contributed by atoms with Gasteiger partial charge in [-0.3, -0.25) is 0 Å². The van der Waals surface area contributed by atoms with Gasteiger partial charge in [-0.25, -0.2) is 0 Å². The molecule has 0 saturated heterocycles. The van der Waals surface area contributed by atoms with Crippen LogP contribution in [0.5, 0.6) is 0 Å². The van der Waals surface area contributed by atoms with Crippen LogP contribution in [0.4, 0.5) is 0 Å². The molecule has 61 heavy (non-hydrogen) atoms. The Labute approximate surface area is 356 Å². The fourth-order valence-electron chi connectivity index (χ4n) is 12.9. The molecule has 4 aliphatic carbocycles. The monoisotopic (exact) mass is 774 g/mol. The molecule has 0 radical (unpaired) electrons. The molecular formula is C61H42. The highest BCUT2D eigenvalue weighted by atomic mass is 14.5. The van der Waals surface area contributed by atoms with Crippen LogP contribution < -0.4 is 0 Å².